The molecule has 6 heteroatoms. The van der Waals surface area contributed by atoms with Gasteiger partial charge in [0.25, 0.3) is 0 Å². The average Bonchev–Trinajstić information content (AvgIpc) is 3.28. The number of hydrogen-bond acceptors (Lipinski definition) is 4. The highest BCUT2D eigenvalue weighted by Crippen LogP contribution is 2.39. The van der Waals surface area contributed by atoms with Crippen molar-refractivity contribution < 1.29 is 19.4 Å². The summed E-state index contributed by atoms with van der Waals surface area (Å²) in [6, 6.07) is 12.4. The minimum absolute atomic E-state index is 0.0453. The predicted molar refractivity (Wildman–Crippen MR) is 134 cm³/mol. The number of ketones is 1. The first-order valence-electron chi connectivity index (χ1n) is 12.2. The topological polar surface area (TPSA) is 71.8 Å². The van der Waals surface area contributed by atoms with E-state index in [2.05, 4.69) is 58.9 Å². The highest BCUT2D eigenvalue weighted by atomic mass is 16.5. The number of ether oxygens (including phenoxy) is 1. The summed E-state index contributed by atoms with van der Waals surface area (Å²) in [5, 5.41) is 9.50. The SMILES string of the molecule is Cc1ccc(CCCC(=O)c2ccc(CC[C@]3(C)CO[C@H](C(C)(C)C)N3CC(=O)O)n2C)cc1. The maximum absolute atomic E-state index is 12.9. The van der Waals surface area contributed by atoms with Gasteiger partial charge >= 0.3 is 5.97 Å². The number of carboxylic acids is 1. The number of aliphatic carboxylic acids is 1. The van der Waals surface area contributed by atoms with Crippen LogP contribution in [0.4, 0.5) is 0 Å². The van der Waals surface area contributed by atoms with Gasteiger partial charge in [-0.25, -0.2) is 0 Å². The second kappa shape index (κ2) is 10.4. The van der Waals surface area contributed by atoms with Crippen molar-refractivity contribution in [3.63, 3.8) is 0 Å². The zero-order valence-corrected chi connectivity index (χ0v) is 21.6. The van der Waals surface area contributed by atoms with Crippen molar-refractivity contribution in [2.75, 3.05) is 13.2 Å². The molecule has 1 aliphatic rings. The third kappa shape index (κ3) is 6.16. The van der Waals surface area contributed by atoms with Crippen LogP contribution in [0.15, 0.2) is 36.4 Å². The van der Waals surface area contributed by atoms with E-state index in [9.17, 15) is 14.7 Å². The van der Waals surface area contributed by atoms with Crippen molar-refractivity contribution in [1.82, 2.24) is 9.47 Å². The third-order valence-corrected chi connectivity index (χ3v) is 7.00. The minimum atomic E-state index is -0.844. The molecule has 6 nitrogen and oxygen atoms in total. The molecule has 1 N–H and O–H groups in total. The summed E-state index contributed by atoms with van der Waals surface area (Å²) < 4.78 is 8.09. The highest BCUT2D eigenvalue weighted by molar-refractivity contribution is 5.94. The molecule has 2 atom stereocenters. The number of carbonyl (C=O) groups excluding carboxylic acids is 1. The van der Waals surface area contributed by atoms with E-state index in [0.29, 0.717) is 13.0 Å². The zero-order chi connectivity index (χ0) is 25.1. The van der Waals surface area contributed by atoms with Crippen LogP contribution in [0.5, 0.6) is 0 Å². The molecule has 1 fully saturated rings. The van der Waals surface area contributed by atoms with Crippen LogP contribution in [-0.2, 0) is 29.4 Å². The lowest BCUT2D eigenvalue weighted by molar-refractivity contribution is -0.143. The molecule has 1 saturated heterocycles. The number of carboxylic acid groups (broad SMARTS) is 1. The van der Waals surface area contributed by atoms with Crippen LogP contribution in [0.3, 0.4) is 0 Å². The summed E-state index contributed by atoms with van der Waals surface area (Å²) in [5.74, 6) is -0.681. The molecule has 0 aliphatic carbocycles. The van der Waals surface area contributed by atoms with Gasteiger partial charge in [0.05, 0.1) is 18.8 Å². The molecule has 2 heterocycles. The van der Waals surface area contributed by atoms with Crippen LogP contribution in [-0.4, -0.2) is 51.2 Å². The fourth-order valence-corrected chi connectivity index (χ4v) is 4.88. The van der Waals surface area contributed by atoms with E-state index in [0.717, 1.165) is 37.1 Å². The number of rotatable bonds is 10. The van der Waals surface area contributed by atoms with E-state index < -0.39 is 5.97 Å². The number of carbonyl (C=O) groups is 2. The monoisotopic (exact) mass is 468 g/mol. The van der Waals surface area contributed by atoms with E-state index in [1.165, 1.54) is 11.1 Å². The smallest absolute Gasteiger partial charge is 0.317 e. The number of hydrogen-bond donors (Lipinski definition) is 1. The van der Waals surface area contributed by atoms with Gasteiger partial charge in [-0.1, -0.05) is 50.6 Å². The lowest BCUT2D eigenvalue weighted by Gasteiger charge is -2.39. The Bertz CT molecular complexity index is 1000. The number of nitrogens with zero attached hydrogens (tertiary/aromatic N) is 2. The molecule has 1 aromatic carbocycles. The van der Waals surface area contributed by atoms with Gasteiger partial charge in [0.2, 0.25) is 0 Å². The van der Waals surface area contributed by atoms with Crippen molar-refractivity contribution in [1.29, 1.82) is 0 Å². The summed E-state index contributed by atoms with van der Waals surface area (Å²) in [5.41, 5.74) is 3.76. The maximum Gasteiger partial charge on any atom is 0.317 e. The van der Waals surface area contributed by atoms with Gasteiger partial charge in [-0.3, -0.25) is 14.5 Å². The summed E-state index contributed by atoms with van der Waals surface area (Å²) in [6.07, 6.45) is 3.52. The van der Waals surface area contributed by atoms with Crippen LogP contribution in [0.2, 0.25) is 0 Å². The van der Waals surface area contributed by atoms with Gasteiger partial charge in [-0.05, 0) is 57.2 Å². The van der Waals surface area contributed by atoms with Gasteiger partial charge in [0.15, 0.2) is 5.78 Å². The Hall–Kier alpha value is -2.44. The van der Waals surface area contributed by atoms with Crippen molar-refractivity contribution in [2.45, 2.75) is 78.5 Å². The molecule has 0 spiro atoms. The first-order chi connectivity index (χ1) is 15.9. The Morgan fingerprint density at radius 1 is 1.12 bits per heavy atom. The zero-order valence-electron chi connectivity index (χ0n) is 21.6. The molecule has 3 rings (SSSR count). The van der Waals surface area contributed by atoms with Crippen LogP contribution < -0.4 is 0 Å². The first-order valence-corrected chi connectivity index (χ1v) is 12.2. The first kappa shape index (κ1) is 26.2. The summed E-state index contributed by atoms with van der Waals surface area (Å²) in [4.78, 5) is 26.4. The van der Waals surface area contributed by atoms with E-state index >= 15 is 0 Å². The molecule has 0 unspecified atom stereocenters. The lowest BCUT2D eigenvalue weighted by Crippen LogP contribution is -2.52. The van der Waals surface area contributed by atoms with E-state index in [4.69, 9.17) is 4.74 Å². The molecular weight excluding hydrogens is 428 g/mol. The van der Waals surface area contributed by atoms with Crippen molar-refractivity contribution in [3.05, 3.63) is 58.9 Å². The fourth-order valence-electron chi connectivity index (χ4n) is 4.88. The standard InChI is InChI=1S/C28H40N2O4/c1-20-10-12-21(13-11-20)8-7-9-24(31)23-15-14-22(29(23)6)16-17-28(5)19-34-26(27(2,3)4)30(28)18-25(32)33/h10-15,26H,7-9,16-19H2,1-6H3,(H,32,33)/t26-,28-/m1/s1. The van der Waals surface area contributed by atoms with E-state index in [1.807, 2.05) is 28.6 Å². The quantitative estimate of drug-likeness (QED) is 0.496. The summed E-state index contributed by atoms with van der Waals surface area (Å²) in [6.45, 7) is 10.8. The Labute approximate surface area is 203 Å². The van der Waals surface area contributed by atoms with Gasteiger partial charge < -0.3 is 14.4 Å². The molecule has 2 aromatic rings. The molecular formula is C28H40N2O4. The summed E-state index contributed by atoms with van der Waals surface area (Å²) >= 11 is 0. The predicted octanol–water partition coefficient (Wildman–Crippen LogP) is 5.02. The lowest BCUT2D eigenvalue weighted by atomic mass is 9.89. The fraction of sp³-hybridized carbons (Fsp3) is 0.571. The maximum atomic E-state index is 12.9. The number of benzene rings is 1. The number of aromatic nitrogens is 1. The largest absolute Gasteiger partial charge is 0.480 e. The number of Topliss-reactive ketones (excluding diaryl/α,β-unsaturated/α-hetero) is 1. The second-order valence-corrected chi connectivity index (χ2v) is 11.1. The normalized spacial score (nSPS) is 21.2. The van der Waals surface area contributed by atoms with Crippen LogP contribution in [0, 0.1) is 12.3 Å². The minimum Gasteiger partial charge on any atom is -0.480 e. The molecule has 0 bridgehead atoms. The van der Waals surface area contributed by atoms with Crippen molar-refractivity contribution in [2.24, 2.45) is 12.5 Å². The molecule has 186 valence electrons. The molecule has 1 aliphatic heterocycles. The molecule has 1 aromatic heterocycles. The molecule has 34 heavy (non-hydrogen) atoms. The van der Waals surface area contributed by atoms with Crippen molar-refractivity contribution >= 4 is 11.8 Å². The Kier molecular flexibility index (Phi) is 8.04. The van der Waals surface area contributed by atoms with Crippen LogP contribution >= 0.6 is 0 Å². The third-order valence-electron chi connectivity index (χ3n) is 7.00. The van der Waals surface area contributed by atoms with E-state index in [1.54, 1.807) is 0 Å². The van der Waals surface area contributed by atoms with Gasteiger partial charge in [0.1, 0.15) is 6.23 Å². The second-order valence-electron chi connectivity index (χ2n) is 11.1. The molecule has 0 amide bonds. The number of aryl methyl sites for hydroxylation is 3. The Morgan fingerprint density at radius 2 is 1.79 bits per heavy atom. The van der Waals surface area contributed by atoms with Crippen molar-refractivity contribution in [3.8, 4) is 0 Å². The van der Waals surface area contributed by atoms with Gasteiger partial charge in [-0.2, -0.15) is 0 Å². The Morgan fingerprint density at radius 3 is 2.41 bits per heavy atom. The highest BCUT2D eigenvalue weighted by Gasteiger charge is 2.48. The van der Waals surface area contributed by atoms with Crippen LogP contribution in [0.25, 0.3) is 0 Å². The van der Waals surface area contributed by atoms with Gasteiger partial charge in [0, 0.05) is 30.1 Å². The Balaban J connectivity index is 1.61. The molecule has 0 saturated carbocycles. The molecule has 0 radical (unpaired) electrons. The average molecular weight is 469 g/mol. The summed E-state index contributed by atoms with van der Waals surface area (Å²) in [7, 11) is 1.95. The van der Waals surface area contributed by atoms with Crippen LogP contribution in [0.1, 0.15) is 74.3 Å². The van der Waals surface area contributed by atoms with Gasteiger partial charge in [-0.15, -0.1) is 0 Å². The van der Waals surface area contributed by atoms with E-state index in [-0.39, 0.29) is 29.5 Å².